The van der Waals surface area contributed by atoms with Gasteiger partial charge in [-0.05, 0) is 35.9 Å². The van der Waals surface area contributed by atoms with Gasteiger partial charge >= 0.3 is 0 Å². The summed E-state index contributed by atoms with van der Waals surface area (Å²) < 4.78 is 1.02. The number of rotatable bonds is 2. The predicted molar refractivity (Wildman–Crippen MR) is 72.8 cm³/mol. The van der Waals surface area contributed by atoms with E-state index >= 15 is 0 Å². The molecule has 86 valence electrons. The summed E-state index contributed by atoms with van der Waals surface area (Å²) in [5.74, 6) is 0.286. The molecule has 0 aromatic heterocycles. The highest BCUT2D eigenvalue weighted by atomic mass is 79.9. The molecule has 2 rings (SSSR count). The molecule has 0 bridgehead atoms. The minimum atomic E-state index is 0.137. The van der Waals surface area contributed by atoms with Crippen LogP contribution in [0.4, 0.5) is 0 Å². The van der Waals surface area contributed by atoms with E-state index in [0.29, 0.717) is 5.56 Å². The van der Waals surface area contributed by atoms with Crippen LogP contribution in [-0.2, 0) is 0 Å². The molecule has 2 aromatic carbocycles. The van der Waals surface area contributed by atoms with Gasteiger partial charge in [-0.3, -0.25) is 0 Å². The Balaban J connectivity index is 2.25. The summed E-state index contributed by atoms with van der Waals surface area (Å²) in [7, 11) is 0. The summed E-state index contributed by atoms with van der Waals surface area (Å²) in [5, 5.41) is 18.9. The number of benzene rings is 2. The molecule has 2 nitrogen and oxygen atoms in total. The number of phenolic OH excluding ortho intramolecular Hbond substituents is 2. The van der Waals surface area contributed by atoms with Crippen LogP contribution in [-0.4, -0.2) is 10.2 Å². The molecule has 0 heterocycles. The zero-order valence-electron chi connectivity index (χ0n) is 8.97. The van der Waals surface area contributed by atoms with E-state index in [1.807, 2.05) is 30.3 Å². The van der Waals surface area contributed by atoms with Crippen molar-refractivity contribution in [3.63, 3.8) is 0 Å². The molecule has 3 heteroatoms. The minimum Gasteiger partial charge on any atom is -0.508 e. The first kappa shape index (κ1) is 11.7. The van der Waals surface area contributed by atoms with Crippen molar-refractivity contribution >= 4 is 28.1 Å². The first-order chi connectivity index (χ1) is 8.15. The van der Waals surface area contributed by atoms with Gasteiger partial charge in [-0.25, -0.2) is 0 Å². The fourth-order valence-corrected chi connectivity index (χ4v) is 1.70. The van der Waals surface area contributed by atoms with Crippen LogP contribution in [0.3, 0.4) is 0 Å². The van der Waals surface area contributed by atoms with Crippen LogP contribution in [0, 0.1) is 0 Å². The standard InChI is InChI=1S/C14H11BrO2/c15-12-5-2-10(3-6-12)1-4-11-9-13(16)7-8-14(11)17/h1-9,16-17H/b4-1+. The number of hydrogen-bond acceptors (Lipinski definition) is 2. The lowest BCUT2D eigenvalue weighted by atomic mass is 10.1. The second-order valence-electron chi connectivity index (χ2n) is 3.63. The third-order valence-electron chi connectivity index (χ3n) is 2.34. The lowest BCUT2D eigenvalue weighted by Crippen LogP contribution is -1.75. The summed E-state index contributed by atoms with van der Waals surface area (Å²) in [5.41, 5.74) is 1.61. The normalized spacial score (nSPS) is 10.9. The average molecular weight is 291 g/mol. The summed E-state index contributed by atoms with van der Waals surface area (Å²) in [4.78, 5) is 0. The Kier molecular flexibility index (Phi) is 3.49. The van der Waals surface area contributed by atoms with Crippen LogP contribution >= 0.6 is 15.9 Å². The highest BCUT2D eigenvalue weighted by molar-refractivity contribution is 9.10. The molecule has 0 fully saturated rings. The number of halogens is 1. The van der Waals surface area contributed by atoms with Crippen LogP contribution < -0.4 is 0 Å². The fourth-order valence-electron chi connectivity index (χ4n) is 1.44. The Labute approximate surface area is 108 Å². The van der Waals surface area contributed by atoms with Crippen molar-refractivity contribution in [3.05, 3.63) is 58.1 Å². The molecule has 0 unspecified atom stereocenters. The van der Waals surface area contributed by atoms with Crippen LogP contribution in [0.2, 0.25) is 0 Å². The van der Waals surface area contributed by atoms with E-state index in [4.69, 9.17) is 0 Å². The van der Waals surface area contributed by atoms with E-state index in [1.165, 1.54) is 18.2 Å². The highest BCUT2D eigenvalue weighted by Gasteiger charge is 1.98. The molecule has 2 aromatic rings. The van der Waals surface area contributed by atoms with Crippen molar-refractivity contribution in [2.75, 3.05) is 0 Å². The molecule has 0 aliphatic rings. The Morgan fingerprint density at radius 3 is 2.29 bits per heavy atom. The maximum atomic E-state index is 9.59. The van der Waals surface area contributed by atoms with Gasteiger partial charge in [0.1, 0.15) is 11.5 Å². The van der Waals surface area contributed by atoms with Crippen molar-refractivity contribution < 1.29 is 10.2 Å². The van der Waals surface area contributed by atoms with Gasteiger partial charge in [-0.15, -0.1) is 0 Å². The maximum Gasteiger partial charge on any atom is 0.123 e. The average Bonchev–Trinajstić information content (AvgIpc) is 2.32. The molecular formula is C14H11BrO2. The summed E-state index contributed by atoms with van der Waals surface area (Å²) in [6, 6.07) is 12.2. The number of aromatic hydroxyl groups is 2. The molecule has 0 aliphatic heterocycles. The largest absolute Gasteiger partial charge is 0.508 e. The molecule has 0 saturated carbocycles. The van der Waals surface area contributed by atoms with Gasteiger partial charge < -0.3 is 10.2 Å². The Morgan fingerprint density at radius 1 is 0.882 bits per heavy atom. The zero-order valence-corrected chi connectivity index (χ0v) is 10.6. The highest BCUT2D eigenvalue weighted by Crippen LogP contribution is 2.24. The van der Waals surface area contributed by atoms with Crippen LogP contribution in [0.1, 0.15) is 11.1 Å². The summed E-state index contributed by atoms with van der Waals surface area (Å²) in [6.45, 7) is 0. The quantitative estimate of drug-likeness (QED) is 0.648. The Morgan fingerprint density at radius 2 is 1.59 bits per heavy atom. The minimum absolute atomic E-state index is 0.137. The molecule has 0 spiro atoms. The van der Waals surface area contributed by atoms with Gasteiger partial charge in [0.25, 0.3) is 0 Å². The van der Waals surface area contributed by atoms with E-state index in [0.717, 1.165) is 10.0 Å². The van der Waals surface area contributed by atoms with Gasteiger partial charge in [-0.1, -0.05) is 40.2 Å². The van der Waals surface area contributed by atoms with Crippen molar-refractivity contribution in [1.82, 2.24) is 0 Å². The lowest BCUT2D eigenvalue weighted by molar-refractivity contribution is 0.459. The van der Waals surface area contributed by atoms with E-state index in [2.05, 4.69) is 15.9 Å². The molecule has 0 amide bonds. The second kappa shape index (κ2) is 5.06. The number of hydrogen-bond donors (Lipinski definition) is 2. The van der Waals surface area contributed by atoms with Crippen LogP contribution in [0.15, 0.2) is 46.9 Å². The van der Waals surface area contributed by atoms with E-state index in [9.17, 15) is 10.2 Å². The first-order valence-corrected chi connectivity index (χ1v) is 5.90. The predicted octanol–water partition coefficient (Wildman–Crippen LogP) is 4.03. The van der Waals surface area contributed by atoms with Crippen molar-refractivity contribution in [3.8, 4) is 11.5 Å². The van der Waals surface area contributed by atoms with Crippen molar-refractivity contribution in [2.45, 2.75) is 0 Å². The lowest BCUT2D eigenvalue weighted by Gasteiger charge is -2.00. The third-order valence-corrected chi connectivity index (χ3v) is 2.87. The summed E-state index contributed by atoms with van der Waals surface area (Å²) in [6.07, 6.45) is 3.64. The topological polar surface area (TPSA) is 40.5 Å². The monoisotopic (exact) mass is 290 g/mol. The van der Waals surface area contributed by atoms with Gasteiger partial charge in [0.15, 0.2) is 0 Å². The molecule has 0 atom stereocenters. The molecule has 2 N–H and O–H groups in total. The summed E-state index contributed by atoms with van der Waals surface area (Å²) >= 11 is 3.37. The molecule has 0 aliphatic carbocycles. The zero-order chi connectivity index (χ0) is 12.3. The van der Waals surface area contributed by atoms with E-state index in [-0.39, 0.29) is 11.5 Å². The fraction of sp³-hybridized carbons (Fsp3) is 0. The van der Waals surface area contributed by atoms with Crippen molar-refractivity contribution in [1.29, 1.82) is 0 Å². The third kappa shape index (κ3) is 3.11. The molecule has 17 heavy (non-hydrogen) atoms. The molecule has 0 radical (unpaired) electrons. The second-order valence-corrected chi connectivity index (χ2v) is 4.54. The van der Waals surface area contributed by atoms with Gasteiger partial charge in [0, 0.05) is 10.0 Å². The Bertz CT molecular complexity index is 545. The van der Waals surface area contributed by atoms with Crippen LogP contribution in [0.5, 0.6) is 11.5 Å². The van der Waals surface area contributed by atoms with E-state index < -0.39 is 0 Å². The maximum absolute atomic E-state index is 9.59. The molecular weight excluding hydrogens is 280 g/mol. The smallest absolute Gasteiger partial charge is 0.123 e. The van der Waals surface area contributed by atoms with Gasteiger partial charge in [0.05, 0.1) is 0 Å². The van der Waals surface area contributed by atoms with Gasteiger partial charge in [0.2, 0.25) is 0 Å². The van der Waals surface area contributed by atoms with Crippen LogP contribution in [0.25, 0.3) is 12.2 Å². The van der Waals surface area contributed by atoms with Crippen molar-refractivity contribution in [2.24, 2.45) is 0 Å². The first-order valence-electron chi connectivity index (χ1n) is 5.11. The molecule has 0 saturated heterocycles. The van der Waals surface area contributed by atoms with Gasteiger partial charge in [-0.2, -0.15) is 0 Å². The SMILES string of the molecule is Oc1ccc(O)c(/C=C/c2ccc(Br)cc2)c1. The number of phenols is 2. The Hall–Kier alpha value is -1.74. The van der Waals surface area contributed by atoms with E-state index in [1.54, 1.807) is 6.08 Å².